The van der Waals surface area contributed by atoms with Gasteiger partial charge in [-0.1, -0.05) is 30.3 Å². The Balaban J connectivity index is 2.01. The zero-order valence-corrected chi connectivity index (χ0v) is 11.4. The average Bonchev–Trinajstić information content (AvgIpc) is 2.77. The fraction of sp³-hybridized carbons (Fsp3) is 0.214. The summed E-state index contributed by atoms with van der Waals surface area (Å²) in [5.41, 5.74) is 4.91. The molecule has 0 unspecified atom stereocenters. The van der Waals surface area contributed by atoms with Crippen LogP contribution in [-0.2, 0) is 11.2 Å². The summed E-state index contributed by atoms with van der Waals surface area (Å²) in [5, 5.41) is 9.15. The van der Waals surface area contributed by atoms with E-state index in [1.807, 2.05) is 37.3 Å². The zero-order chi connectivity index (χ0) is 14.5. The van der Waals surface area contributed by atoms with Gasteiger partial charge in [-0.15, -0.1) is 0 Å². The van der Waals surface area contributed by atoms with Gasteiger partial charge in [0.15, 0.2) is 0 Å². The molecule has 0 aliphatic rings. The monoisotopic (exact) mass is 272 g/mol. The topological polar surface area (TPSA) is 90.1 Å². The molecule has 0 bridgehead atoms. The van der Waals surface area contributed by atoms with E-state index in [1.165, 1.54) is 0 Å². The second-order valence-electron chi connectivity index (χ2n) is 4.46. The first-order valence-electron chi connectivity index (χ1n) is 6.22. The van der Waals surface area contributed by atoms with Crippen molar-refractivity contribution in [2.45, 2.75) is 20.3 Å². The minimum atomic E-state index is -0.325. The van der Waals surface area contributed by atoms with Crippen LogP contribution < -0.4 is 11.0 Å². The van der Waals surface area contributed by atoms with Crippen molar-refractivity contribution < 1.29 is 4.79 Å². The van der Waals surface area contributed by atoms with Crippen molar-refractivity contribution in [1.29, 1.82) is 0 Å². The number of aromatic nitrogens is 2. The molecule has 0 radical (unpaired) electrons. The summed E-state index contributed by atoms with van der Waals surface area (Å²) in [6, 6.07) is 9.53. The molecule has 1 aromatic heterocycles. The van der Waals surface area contributed by atoms with E-state index in [-0.39, 0.29) is 17.9 Å². The molecule has 2 aromatic rings. The molecule has 0 saturated heterocycles. The first-order chi connectivity index (χ1) is 9.58. The van der Waals surface area contributed by atoms with Crippen LogP contribution in [0.25, 0.3) is 0 Å². The number of carbonyl (C=O) groups excluding carboxylic acids is 1. The maximum atomic E-state index is 11.8. The van der Waals surface area contributed by atoms with Gasteiger partial charge in [0.1, 0.15) is 0 Å². The Morgan fingerprint density at radius 3 is 2.55 bits per heavy atom. The number of aromatic amines is 2. The molecule has 1 aromatic carbocycles. The number of benzene rings is 1. The maximum Gasteiger partial charge on any atom is 0.267 e. The second kappa shape index (κ2) is 6.01. The van der Waals surface area contributed by atoms with Gasteiger partial charge >= 0.3 is 0 Å². The lowest BCUT2D eigenvalue weighted by molar-refractivity contribution is -0.120. The van der Waals surface area contributed by atoms with Crippen molar-refractivity contribution in [2.24, 2.45) is 5.10 Å². The second-order valence-corrected chi connectivity index (χ2v) is 4.46. The van der Waals surface area contributed by atoms with Gasteiger partial charge in [-0.05, 0) is 19.4 Å². The predicted molar refractivity (Wildman–Crippen MR) is 76.7 cm³/mol. The number of aryl methyl sites for hydroxylation is 1. The van der Waals surface area contributed by atoms with Crippen LogP contribution >= 0.6 is 0 Å². The lowest BCUT2D eigenvalue weighted by atomic mass is 10.1. The fourth-order valence-corrected chi connectivity index (χ4v) is 1.77. The SMILES string of the molecule is C/C(=N/NC(=O)Cc1c(C)[nH][nH]c1=O)c1ccccc1. The highest BCUT2D eigenvalue weighted by molar-refractivity contribution is 5.99. The molecule has 20 heavy (non-hydrogen) atoms. The minimum absolute atomic E-state index is 0.00373. The van der Waals surface area contributed by atoms with Crippen molar-refractivity contribution in [1.82, 2.24) is 15.6 Å². The number of hydrogen-bond acceptors (Lipinski definition) is 3. The van der Waals surface area contributed by atoms with Gasteiger partial charge in [-0.3, -0.25) is 14.7 Å². The molecule has 0 saturated carbocycles. The summed E-state index contributed by atoms with van der Waals surface area (Å²) in [5.74, 6) is -0.325. The molecular formula is C14H16N4O2. The number of H-pyrrole nitrogens is 2. The molecule has 104 valence electrons. The molecule has 0 aliphatic heterocycles. The zero-order valence-electron chi connectivity index (χ0n) is 11.4. The van der Waals surface area contributed by atoms with Gasteiger partial charge in [-0.25, -0.2) is 5.43 Å². The Labute approximate surface area is 115 Å². The van der Waals surface area contributed by atoms with Crippen LogP contribution in [0.3, 0.4) is 0 Å². The van der Waals surface area contributed by atoms with Gasteiger partial charge in [0, 0.05) is 11.3 Å². The lowest BCUT2D eigenvalue weighted by Gasteiger charge is -2.02. The van der Waals surface area contributed by atoms with E-state index in [0.29, 0.717) is 17.0 Å². The van der Waals surface area contributed by atoms with E-state index in [2.05, 4.69) is 20.7 Å². The molecule has 1 heterocycles. The quantitative estimate of drug-likeness (QED) is 0.574. The van der Waals surface area contributed by atoms with E-state index < -0.39 is 0 Å². The van der Waals surface area contributed by atoms with Gasteiger partial charge in [0.25, 0.3) is 5.56 Å². The normalized spacial score (nSPS) is 11.4. The molecule has 2 rings (SSSR count). The lowest BCUT2D eigenvalue weighted by Crippen LogP contribution is -2.24. The maximum absolute atomic E-state index is 11.8. The molecule has 0 fully saturated rings. The Morgan fingerprint density at radius 1 is 1.25 bits per heavy atom. The third-order valence-corrected chi connectivity index (χ3v) is 2.97. The summed E-state index contributed by atoms with van der Waals surface area (Å²) in [4.78, 5) is 23.2. The summed E-state index contributed by atoms with van der Waals surface area (Å²) in [6.45, 7) is 3.54. The largest absolute Gasteiger partial charge is 0.302 e. The fourth-order valence-electron chi connectivity index (χ4n) is 1.77. The van der Waals surface area contributed by atoms with Crippen LogP contribution in [0.1, 0.15) is 23.7 Å². The van der Waals surface area contributed by atoms with Crippen molar-refractivity contribution >= 4 is 11.6 Å². The van der Waals surface area contributed by atoms with E-state index >= 15 is 0 Å². The van der Waals surface area contributed by atoms with E-state index in [4.69, 9.17) is 0 Å². The van der Waals surface area contributed by atoms with E-state index in [1.54, 1.807) is 6.92 Å². The highest BCUT2D eigenvalue weighted by Gasteiger charge is 2.11. The summed E-state index contributed by atoms with van der Waals surface area (Å²) in [6.07, 6.45) is -0.00373. The van der Waals surface area contributed by atoms with Gasteiger partial charge in [0.05, 0.1) is 12.1 Å². The highest BCUT2D eigenvalue weighted by atomic mass is 16.2. The Hall–Kier alpha value is -2.63. The van der Waals surface area contributed by atoms with Crippen LogP contribution in [-0.4, -0.2) is 21.8 Å². The molecule has 6 nitrogen and oxygen atoms in total. The number of rotatable bonds is 4. The summed E-state index contributed by atoms with van der Waals surface area (Å²) >= 11 is 0. The van der Waals surface area contributed by atoms with Crippen molar-refractivity contribution in [3.8, 4) is 0 Å². The Bertz CT molecular complexity index is 683. The first-order valence-corrected chi connectivity index (χ1v) is 6.22. The molecule has 0 atom stereocenters. The van der Waals surface area contributed by atoms with E-state index in [0.717, 1.165) is 5.56 Å². The minimum Gasteiger partial charge on any atom is -0.302 e. The Morgan fingerprint density at radius 2 is 1.95 bits per heavy atom. The molecule has 0 spiro atoms. The molecule has 1 amide bonds. The predicted octanol–water partition coefficient (Wildman–Crippen LogP) is 1.09. The highest BCUT2D eigenvalue weighted by Crippen LogP contribution is 2.01. The van der Waals surface area contributed by atoms with Crippen molar-refractivity contribution in [3.63, 3.8) is 0 Å². The van der Waals surface area contributed by atoms with Crippen LogP contribution in [0.15, 0.2) is 40.2 Å². The number of nitrogens with zero attached hydrogens (tertiary/aromatic N) is 1. The molecule has 3 N–H and O–H groups in total. The number of carbonyl (C=O) groups is 1. The number of nitrogens with one attached hydrogen (secondary N) is 3. The van der Waals surface area contributed by atoms with Gasteiger partial charge in [0.2, 0.25) is 5.91 Å². The molecular weight excluding hydrogens is 256 g/mol. The van der Waals surface area contributed by atoms with Crippen LogP contribution in [0.5, 0.6) is 0 Å². The van der Waals surface area contributed by atoms with Gasteiger partial charge < -0.3 is 5.10 Å². The van der Waals surface area contributed by atoms with Crippen molar-refractivity contribution in [3.05, 3.63) is 57.5 Å². The third-order valence-electron chi connectivity index (χ3n) is 2.97. The van der Waals surface area contributed by atoms with Crippen LogP contribution in [0, 0.1) is 6.92 Å². The third kappa shape index (κ3) is 3.23. The smallest absolute Gasteiger partial charge is 0.267 e. The number of amides is 1. The number of hydrogen-bond donors (Lipinski definition) is 3. The summed E-state index contributed by atoms with van der Waals surface area (Å²) in [7, 11) is 0. The van der Waals surface area contributed by atoms with Crippen LogP contribution in [0.4, 0.5) is 0 Å². The summed E-state index contributed by atoms with van der Waals surface area (Å²) < 4.78 is 0. The van der Waals surface area contributed by atoms with Crippen LogP contribution in [0.2, 0.25) is 0 Å². The standard InChI is InChI=1S/C14H16N4O2/c1-9(11-6-4-3-5-7-11)15-17-13(19)8-12-10(2)16-18-14(12)20/h3-7H,8H2,1-2H3,(H,17,19)(H2,16,18,20)/b15-9-. The van der Waals surface area contributed by atoms with Crippen molar-refractivity contribution in [2.75, 3.05) is 0 Å². The Kier molecular flexibility index (Phi) is 4.14. The average molecular weight is 272 g/mol. The van der Waals surface area contributed by atoms with Gasteiger partial charge in [-0.2, -0.15) is 5.10 Å². The first kappa shape index (κ1) is 13.8. The number of hydrazone groups is 1. The molecule has 0 aliphatic carbocycles. The van der Waals surface area contributed by atoms with E-state index in [9.17, 15) is 9.59 Å². The molecule has 6 heteroatoms.